The van der Waals surface area contributed by atoms with Crippen LogP contribution >= 0.6 is 0 Å². The van der Waals surface area contributed by atoms with Gasteiger partial charge in [0.2, 0.25) is 11.8 Å². The molecule has 0 unspecified atom stereocenters. The van der Waals surface area contributed by atoms with E-state index in [1.54, 1.807) is 24.0 Å². The van der Waals surface area contributed by atoms with Gasteiger partial charge in [-0.15, -0.1) is 0 Å². The Morgan fingerprint density at radius 3 is 2.59 bits per heavy atom. The average Bonchev–Trinajstić information content (AvgIpc) is 2.73. The quantitative estimate of drug-likeness (QED) is 0.754. The summed E-state index contributed by atoms with van der Waals surface area (Å²) in [6.45, 7) is 3.79. The molecule has 7 heteroatoms. The molecule has 2 N–H and O–H groups in total. The number of carbonyl (C=O) groups excluding carboxylic acids is 3. The van der Waals surface area contributed by atoms with Crippen molar-refractivity contribution >= 4 is 29.1 Å². The molecule has 0 spiro atoms. The number of aryl methyl sites for hydroxylation is 1. The number of rotatable bonds is 7. The van der Waals surface area contributed by atoms with E-state index >= 15 is 0 Å². The van der Waals surface area contributed by atoms with Crippen LogP contribution in [0.4, 0.5) is 11.4 Å². The van der Waals surface area contributed by atoms with Gasteiger partial charge in [0, 0.05) is 18.7 Å². The van der Waals surface area contributed by atoms with E-state index in [9.17, 15) is 14.4 Å². The zero-order valence-corrected chi connectivity index (χ0v) is 16.6. The number of para-hydroxylation sites is 3. The highest BCUT2D eigenvalue weighted by atomic mass is 16.5. The maximum absolute atomic E-state index is 12.4. The first-order valence-corrected chi connectivity index (χ1v) is 9.71. The van der Waals surface area contributed by atoms with Gasteiger partial charge >= 0.3 is 0 Å². The molecule has 3 rings (SSSR count). The molecule has 0 fully saturated rings. The van der Waals surface area contributed by atoms with Crippen molar-refractivity contribution in [1.82, 2.24) is 5.32 Å². The number of nitrogens with one attached hydrogen (secondary N) is 2. The van der Waals surface area contributed by atoms with Gasteiger partial charge in [-0.3, -0.25) is 14.4 Å². The second kappa shape index (κ2) is 9.23. The summed E-state index contributed by atoms with van der Waals surface area (Å²) in [6, 6.07) is 14.8. The van der Waals surface area contributed by atoms with E-state index in [0.717, 1.165) is 17.7 Å². The number of hydrogen-bond donors (Lipinski definition) is 2. The molecular weight excluding hydrogens is 370 g/mol. The fraction of sp³-hybridized carbons (Fsp3) is 0.318. The average molecular weight is 395 g/mol. The van der Waals surface area contributed by atoms with E-state index < -0.39 is 6.10 Å². The third kappa shape index (κ3) is 4.93. The van der Waals surface area contributed by atoms with Gasteiger partial charge in [-0.05, 0) is 37.1 Å². The number of amides is 3. The minimum atomic E-state index is -0.600. The maximum atomic E-state index is 12.4. The zero-order chi connectivity index (χ0) is 20.8. The van der Waals surface area contributed by atoms with Crippen LogP contribution in [0.1, 0.15) is 25.8 Å². The highest BCUT2D eigenvalue weighted by Crippen LogP contribution is 2.33. The van der Waals surface area contributed by atoms with Gasteiger partial charge in [0.1, 0.15) is 5.75 Å². The molecule has 1 aliphatic heterocycles. The van der Waals surface area contributed by atoms with Crippen molar-refractivity contribution in [2.24, 2.45) is 0 Å². The molecule has 3 amide bonds. The van der Waals surface area contributed by atoms with Crippen LogP contribution in [0.3, 0.4) is 0 Å². The van der Waals surface area contributed by atoms with Crippen LogP contribution in [0.25, 0.3) is 0 Å². The molecule has 29 heavy (non-hydrogen) atoms. The molecule has 1 atom stereocenters. The summed E-state index contributed by atoms with van der Waals surface area (Å²) < 4.78 is 5.59. The van der Waals surface area contributed by atoms with E-state index in [1.807, 2.05) is 43.3 Å². The van der Waals surface area contributed by atoms with Crippen LogP contribution in [-0.4, -0.2) is 36.9 Å². The normalized spacial score (nSPS) is 15.3. The molecule has 152 valence electrons. The number of carbonyl (C=O) groups is 3. The monoisotopic (exact) mass is 395 g/mol. The summed E-state index contributed by atoms with van der Waals surface area (Å²) in [5, 5.41) is 5.42. The van der Waals surface area contributed by atoms with Crippen LogP contribution in [0, 0.1) is 0 Å². The van der Waals surface area contributed by atoms with E-state index in [4.69, 9.17) is 4.74 Å². The van der Waals surface area contributed by atoms with Gasteiger partial charge < -0.3 is 20.3 Å². The maximum Gasteiger partial charge on any atom is 0.267 e. The van der Waals surface area contributed by atoms with Crippen LogP contribution < -0.4 is 20.3 Å². The highest BCUT2D eigenvalue weighted by Gasteiger charge is 2.31. The molecule has 0 saturated heterocycles. The van der Waals surface area contributed by atoms with Gasteiger partial charge in [0.15, 0.2) is 6.10 Å². The Balaban J connectivity index is 1.51. The minimum Gasteiger partial charge on any atom is -0.479 e. The fourth-order valence-electron chi connectivity index (χ4n) is 3.22. The number of hydrogen-bond acceptors (Lipinski definition) is 4. The van der Waals surface area contributed by atoms with Crippen molar-refractivity contribution in [2.45, 2.75) is 32.8 Å². The minimum absolute atomic E-state index is 0.0889. The van der Waals surface area contributed by atoms with Crippen molar-refractivity contribution < 1.29 is 19.1 Å². The Hall–Kier alpha value is -3.35. The van der Waals surface area contributed by atoms with Crippen molar-refractivity contribution in [3.8, 4) is 5.75 Å². The topological polar surface area (TPSA) is 87.7 Å². The number of benzene rings is 2. The van der Waals surface area contributed by atoms with Crippen LogP contribution in [0.15, 0.2) is 48.5 Å². The third-order valence-electron chi connectivity index (χ3n) is 4.75. The molecule has 1 heterocycles. The van der Waals surface area contributed by atoms with E-state index in [2.05, 4.69) is 10.6 Å². The Kier molecular flexibility index (Phi) is 6.49. The van der Waals surface area contributed by atoms with E-state index in [1.165, 1.54) is 0 Å². The summed E-state index contributed by atoms with van der Waals surface area (Å²) in [7, 11) is 0. The number of nitrogens with zero attached hydrogens (tertiary/aromatic N) is 1. The summed E-state index contributed by atoms with van der Waals surface area (Å²) in [4.78, 5) is 38.3. The largest absolute Gasteiger partial charge is 0.479 e. The molecule has 0 aromatic heterocycles. The third-order valence-corrected chi connectivity index (χ3v) is 4.75. The first kappa shape index (κ1) is 20.4. The predicted octanol–water partition coefficient (Wildman–Crippen LogP) is 2.51. The standard InChI is InChI=1S/C22H25N3O4/c1-3-16-8-4-5-9-17(16)24-21(27)14-23-20(26)12-13-25-18-10-6-7-11-19(18)29-15(2)22(25)28/h4-11,15H,3,12-14H2,1-2H3,(H,23,26)(H,24,27)/t15-/m0/s1. The van der Waals surface area contributed by atoms with Crippen molar-refractivity contribution in [1.29, 1.82) is 0 Å². The molecule has 2 aromatic rings. The highest BCUT2D eigenvalue weighted by molar-refractivity contribution is 6.00. The molecule has 0 aliphatic carbocycles. The van der Waals surface area contributed by atoms with Crippen LogP contribution in [0.5, 0.6) is 5.75 Å². The zero-order valence-electron chi connectivity index (χ0n) is 16.6. The first-order valence-electron chi connectivity index (χ1n) is 9.71. The second-order valence-corrected chi connectivity index (χ2v) is 6.80. The van der Waals surface area contributed by atoms with Gasteiger partial charge in [-0.25, -0.2) is 0 Å². The Bertz CT molecular complexity index is 912. The molecule has 2 aromatic carbocycles. The van der Waals surface area contributed by atoms with Crippen molar-refractivity contribution in [3.63, 3.8) is 0 Å². The SMILES string of the molecule is CCc1ccccc1NC(=O)CNC(=O)CCN1C(=O)[C@H](C)Oc2ccccc21. The summed E-state index contributed by atoms with van der Waals surface area (Å²) in [6.07, 6.45) is 0.291. The first-order chi connectivity index (χ1) is 14.0. The fourth-order valence-corrected chi connectivity index (χ4v) is 3.22. The lowest BCUT2D eigenvalue weighted by atomic mass is 10.1. The Labute approximate surface area is 170 Å². The lowest BCUT2D eigenvalue weighted by Gasteiger charge is -2.32. The van der Waals surface area contributed by atoms with Gasteiger partial charge in [-0.2, -0.15) is 0 Å². The summed E-state index contributed by atoms with van der Waals surface area (Å²) >= 11 is 0. The Morgan fingerprint density at radius 2 is 1.79 bits per heavy atom. The molecule has 7 nitrogen and oxygen atoms in total. The van der Waals surface area contributed by atoms with Gasteiger partial charge in [0.05, 0.1) is 12.2 Å². The smallest absolute Gasteiger partial charge is 0.267 e. The number of fused-ring (bicyclic) bond motifs is 1. The van der Waals surface area contributed by atoms with Gasteiger partial charge in [0.25, 0.3) is 5.91 Å². The van der Waals surface area contributed by atoms with Crippen molar-refractivity contribution in [2.75, 3.05) is 23.3 Å². The Morgan fingerprint density at radius 1 is 1.07 bits per heavy atom. The number of ether oxygens (including phenoxy) is 1. The van der Waals surface area contributed by atoms with E-state index in [0.29, 0.717) is 11.4 Å². The predicted molar refractivity (Wildman–Crippen MR) is 111 cm³/mol. The summed E-state index contributed by atoms with van der Waals surface area (Å²) in [5.41, 5.74) is 2.43. The summed E-state index contributed by atoms with van der Waals surface area (Å²) in [5.74, 6) is -0.159. The molecule has 0 bridgehead atoms. The number of anilines is 2. The molecule has 0 saturated carbocycles. The molecule has 0 radical (unpaired) electrons. The van der Waals surface area contributed by atoms with Crippen molar-refractivity contribution in [3.05, 3.63) is 54.1 Å². The van der Waals surface area contributed by atoms with Crippen LogP contribution in [0.2, 0.25) is 0 Å². The van der Waals surface area contributed by atoms with E-state index in [-0.39, 0.29) is 37.2 Å². The lowest BCUT2D eigenvalue weighted by molar-refractivity contribution is -0.126. The second-order valence-electron chi connectivity index (χ2n) is 6.80. The lowest BCUT2D eigenvalue weighted by Crippen LogP contribution is -2.46. The van der Waals surface area contributed by atoms with Gasteiger partial charge in [-0.1, -0.05) is 37.3 Å². The molecule has 1 aliphatic rings. The molecular formula is C22H25N3O4. The van der Waals surface area contributed by atoms with Crippen LogP contribution in [-0.2, 0) is 20.8 Å².